The average molecular weight is 302 g/mol. The van der Waals surface area contributed by atoms with Crippen molar-refractivity contribution in [1.29, 1.82) is 0 Å². The molecule has 0 aromatic heterocycles. The van der Waals surface area contributed by atoms with E-state index in [1.165, 1.54) is 12.0 Å². The molecule has 0 aliphatic rings. The molecular formula is C13H20ClN3O3. The number of hydrogen-bond donors (Lipinski definition) is 2. The van der Waals surface area contributed by atoms with Gasteiger partial charge in [0.2, 0.25) is 0 Å². The van der Waals surface area contributed by atoms with E-state index in [2.05, 4.69) is 5.32 Å². The van der Waals surface area contributed by atoms with Crippen molar-refractivity contribution in [2.45, 2.75) is 6.10 Å². The molecule has 20 heavy (non-hydrogen) atoms. The third-order valence-corrected chi connectivity index (χ3v) is 2.57. The molecule has 3 N–H and O–H groups in total. The zero-order valence-corrected chi connectivity index (χ0v) is 12.6. The Labute approximate surface area is 124 Å². The molecule has 0 aliphatic carbocycles. The lowest BCUT2D eigenvalue weighted by molar-refractivity contribution is -0.125. The van der Waals surface area contributed by atoms with Gasteiger partial charge >= 0.3 is 0 Å². The minimum Gasteiger partial charge on any atom is -0.370 e. The molecule has 6 nitrogen and oxygen atoms in total. The standard InChI is InChI=1S/C13H19N3O3.ClH/c1-16(2)13(18)9-5-4-6-10(7-9)15-12(17)11(8-14)19-3;/h4-7,11H,8,14H2,1-3H3,(H,15,17);1H. The van der Waals surface area contributed by atoms with Crippen molar-refractivity contribution in [3.8, 4) is 0 Å². The molecule has 0 fully saturated rings. The molecule has 0 radical (unpaired) electrons. The van der Waals surface area contributed by atoms with Crippen LogP contribution in [0.1, 0.15) is 10.4 Å². The second-order valence-electron chi connectivity index (χ2n) is 4.23. The van der Waals surface area contributed by atoms with Crippen molar-refractivity contribution in [2.24, 2.45) is 5.73 Å². The van der Waals surface area contributed by atoms with Gasteiger partial charge in [-0.1, -0.05) is 6.07 Å². The molecule has 0 saturated heterocycles. The van der Waals surface area contributed by atoms with Gasteiger partial charge in [-0.25, -0.2) is 0 Å². The van der Waals surface area contributed by atoms with Gasteiger partial charge in [-0.2, -0.15) is 0 Å². The number of ether oxygens (including phenoxy) is 1. The van der Waals surface area contributed by atoms with Crippen LogP contribution in [0, 0.1) is 0 Å². The fourth-order valence-corrected chi connectivity index (χ4v) is 1.52. The largest absolute Gasteiger partial charge is 0.370 e. The Balaban J connectivity index is 0.00000361. The summed E-state index contributed by atoms with van der Waals surface area (Å²) in [6.45, 7) is 0.0959. The third kappa shape index (κ3) is 4.80. The molecule has 7 heteroatoms. The Morgan fingerprint density at radius 1 is 1.40 bits per heavy atom. The van der Waals surface area contributed by atoms with Crippen LogP contribution in [0.3, 0.4) is 0 Å². The highest BCUT2D eigenvalue weighted by molar-refractivity contribution is 5.98. The van der Waals surface area contributed by atoms with Crippen LogP contribution in [0.4, 0.5) is 5.69 Å². The minimum atomic E-state index is -0.701. The van der Waals surface area contributed by atoms with Crippen molar-refractivity contribution < 1.29 is 14.3 Å². The Hall–Kier alpha value is -1.63. The van der Waals surface area contributed by atoms with Gasteiger partial charge in [0.1, 0.15) is 6.10 Å². The third-order valence-electron chi connectivity index (χ3n) is 2.57. The van der Waals surface area contributed by atoms with Crippen LogP contribution >= 0.6 is 12.4 Å². The number of benzene rings is 1. The first-order valence-corrected chi connectivity index (χ1v) is 5.85. The summed E-state index contributed by atoms with van der Waals surface area (Å²) in [5, 5.41) is 2.66. The fourth-order valence-electron chi connectivity index (χ4n) is 1.52. The maximum atomic E-state index is 11.8. The van der Waals surface area contributed by atoms with Crippen LogP contribution in [0.25, 0.3) is 0 Å². The van der Waals surface area contributed by atoms with E-state index in [1.54, 1.807) is 38.4 Å². The van der Waals surface area contributed by atoms with Crippen molar-refractivity contribution >= 4 is 29.9 Å². The second kappa shape index (κ2) is 8.52. The first kappa shape index (κ1) is 18.4. The molecule has 1 rings (SSSR count). The maximum absolute atomic E-state index is 11.8. The number of rotatable bonds is 5. The van der Waals surface area contributed by atoms with Gasteiger partial charge in [0.25, 0.3) is 11.8 Å². The SMILES string of the molecule is COC(CN)C(=O)Nc1cccc(C(=O)N(C)C)c1.Cl. The van der Waals surface area contributed by atoms with Crippen molar-refractivity contribution in [3.05, 3.63) is 29.8 Å². The highest BCUT2D eigenvalue weighted by Gasteiger charge is 2.16. The Morgan fingerprint density at radius 2 is 2.05 bits per heavy atom. The zero-order chi connectivity index (χ0) is 14.4. The Bertz CT molecular complexity index is 462. The van der Waals surface area contributed by atoms with Crippen molar-refractivity contribution in [3.63, 3.8) is 0 Å². The van der Waals surface area contributed by atoms with Crippen LogP contribution in [-0.2, 0) is 9.53 Å². The van der Waals surface area contributed by atoms with Gasteiger partial charge in [0.15, 0.2) is 0 Å². The Kier molecular flexibility index (Phi) is 7.83. The number of nitrogens with zero attached hydrogens (tertiary/aromatic N) is 1. The van der Waals surface area contributed by atoms with Gasteiger partial charge in [-0.05, 0) is 18.2 Å². The molecule has 0 bridgehead atoms. The molecule has 1 unspecified atom stereocenters. The van der Waals surface area contributed by atoms with E-state index in [0.29, 0.717) is 11.3 Å². The lowest BCUT2D eigenvalue weighted by atomic mass is 10.1. The number of hydrogen-bond acceptors (Lipinski definition) is 4. The van der Waals surface area contributed by atoms with E-state index in [4.69, 9.17) is 10.5 Å². The van der Waals surface area contributed by atoms with Crippen LogP contribution < -0.4 is 11.1 Å². The molecule has 112 valence electrons. The summed E-state index contributed by atoms with van der Waals surface area (Å²) in [4.78, 5) is 25.0. The molecule has 1 aromatic rings. The highest BCUT2D eigenvalue weighted by atomic mass is 35.5. The summed E-state index contributed by atoms with van der Waals surface area (Å²) in [6, 6.07) is 6.71. The predicted molar refractivity (Wildman–Crippen MR) is 80.2 cm³/mol. The molecule has 1 aromatic carbocycles. The average Bonchev–Trinajstić information content (AvgIpc) is 2.39. The first-order valence-electron chi connectivity index (χ1n) is 5.85. The van der Waals surface area contributed by atoms with Gasteiger partial charge in [0, 0.05) is 39.0 Å². The highest BCUT2D eigenvalue weighted by Crippen LogP contribution is 2.12. The topological polar surface area (TPSA) is 84.7 Å². The smallest absolute Gasteiger partial charge is 0.254 e. The second-order valence-corrected chi connectivity index (χ2v) is 4.23. The molecule has 1 atom stereocenters. The molecular weight excluding hydrogens is 282 g/mol. The number of nitrogens with one attached hydrogen (secondary N) is 1. The van der Waals surface area contributed by atoms with E-state index in [-0.39, 0.29) is 30.8 Å². The maximum Gasteiger partial charge on any atom is 0.254 e. The van der Waals surface area contributed by atoms with Gasteiger partial charge in [0.05, 0.1) is 0 Å². The van der Waals surface area contributed by atoms with Crippen LogP contribution in [0.5, 0.6) is 0 Å². The summed E-state index contributed by atoms with van der Waals surface area (Å²) >= 11 is 0. The minimum absolute atomic E-state index is 0. The van der Waals surface area contributed by atoms with Crippen molar-refractivity contribution in [2.75, 3.05) is 33.1 Å². The predicted octanol–water partition coefficient (Wildman–Crippen LogP) is 0.722. The Morgan fingerprint density at radius 3 is 2.55 bits per heavy atom. The summed E-state index contributed by atoms with van der Waals surface area (Å²) in [6.07, 6.45) is -0.701. The first-order chi connectivity index (χ1) is 8.99. The lowest BCUT2D eigenvalue weighted by Gasteiger charge is -2.14. The van der Waals surface area contributed by atoms with Crippen LogP contribution in [-0.4, -0.2) is 50.6 Å². The van der Waals surface area contributed by atoms with E-state index < -0.39 is 6.10 Å². The molecule has 2 amide bonds. The van der Waals surface area contributed by atoms with E-state index >= 15 is 0 Å². The summed E-state index contributed by atoms with van der Waals surface area (Å²) < 4.78 is 4.94. The molecule has 0 aliphatic heterocycles. The quantitative estimate of drug-likeness (QED) is 0.839. The number of carbonyl (C=O) groups is 2. The number of methoxy groups -OCH3 is 1. The normalized spacial score (nSPS) is 11.2. The summed E-state index contributed by atoms with van der Waals surface area (Å²) in [5.41, 5.74) is 6.45. The monoisotopic (exact) mass is 301 g/mol. The van der Waals surface area contributed by atoms with Crippen LogP contribution in [0.2, 0.25) is 0 Å². The summed E-state index contributed by atoms with van der Waals surface area (Å²) in [7, 11) is 4.76. The van der Waals surface area contributed by atoms with Gasteiger partial charge in [-0.15, -0.1) is 12.4 Å². The molecule has 0 saturated carbocycles. The zero-order valence-electron chi connectivity index (χ0n) is 11.8. The number of anilines is 1. The van der Waals surface area contributed by atoms with Crippen molar-refractivity contribution in [1.82, 2.24) is 4.90 Å². The molecule has 0 heterocycles. The summed E-state index contributed by atoms with van der Waals surface area (Å²) in [5.74, 6) is -0.460. The number of carbonyl (C=O) groups excluding carboxylic acids is 2. The van der Waals surface area contributed by atoms with Gasteiger partial charge in [-0.3, -0.25) is 9.59 Å². The lowest BCUT2D eigenvalue weighted by Crippen LogP contribution is -2.36. The van der Waals surface area contributed by atoms with E-state index in [0.717, 1.165) is 0 Å². The number of halogens is 1. The number of nitrogens with two attached hydrogens (primary N) is 1. The van der Waals surface area contributed by atoms with Gasteiger partial charge < -0.3 is 20.7 Å². The fraction of sp³-hybridized carbons (Fsp3) is 0.385. The van der Waals surface area contributed by atoms with Crippen LogP contribution in [0.15, 0.2) is 24.3 Å². The number of amides is 2. The van der Waals surface area contributed by atoms with E-state index in [9.17, 15) is 9.59 Å². The molecule has 0 spiro atoms. The van der Waals surface area contributed by atoms with E-state index in [1.807, 2.05) is 0 Å².